The maximum atomic E-state index is 12.2. The number of alkyl halides is 3. The molecule has 1 atom stereocenters. The first-order valence-corrected chi connectivity index (χ1v) is 7.76. The van der Waals surface area contributed by atoms with Crippen molar-refractivity contribution < 1.29 is 25.8 Å². The predicted molar refractivity (Wildman–Crippen MR) is 67.9 cm³/mol. The topological polar surface area (TPSA) is 43.4 Å². The molecule has 1 aromatic rings. The Labute approximate surface area is 115 Å². The molecule has 0 saturated heterocycles. The zero-order valence-electron chi connectivity index (χ0n) is 10.9. The van der Waals surface area contributed by atoms with Crippen LogP contribution in [0.5, 0.6) is 5.75 Å². The maximum absolute atomic E-state index is 12.2. The summed E-state index contributed by atoms with van der Waals surface area (Å²) in [7, 11) is -5.59. The van der Waals surface area contributed by atoms with Crippen molar-refractivity contribution in [2.75, 3.05) is 0 Å². The lowest BCUT2D eigenvalue weighted by atomic mass is 10.0. The molecule has 0 fully saturated rings. The minimum atomic E-state index is -5.59. The summed E-state index contributed by atoms with van der Waals surface area (Å²) in [5, 5.41) is 0. The van der Waals surface area contributed by atoms with Crippen molar-refractivity contribution in [1.29, 1.82) is 0 Å². The summed E-state index contributed by atoms with van der Waals surface area (Å²) in [5.74, 6) is 0.197. The van der Waals surface area contributed by atoms with Crippen LogP contribution in [-0.2, 0) is 23.0 Å². The molecule has 1 aromatic carbocycles. The highest BCUT2D eigenvalue weighted by Gasteiger charge is 2.48. The van der Waals surface area contributed by atoms with Crippen LogP contribution < -0.4 is 4.18 Å². The highest BCUT2D eigenvalue weighted by molar-refractivity contribution is 7.87. The smallest absolute Gasteiger partial charge is 0.376 e. The summed E-state index contributed by atoms with van der Waals surface area (Å²) in [6, 6.07) is 4.32. The molecule has 0 spiro atoms. The molecule has 3 nitrogen and oxygen atoms in total. The summed E-state index contributed by atoms with van der Waals surface area (Å²) in [6.45, 7) is 2.08. The highest BCUT2D eigenvalue weighted by Crippen LogP contribution is 2.34. The highest BCUT2D eigenvalue weighted by atomic mass is 32.2. The molecule has 0 saturated carbocycles. The second-order valence-electron chi connectivity index (χ2n) is 4.98. The lowest BCUT2D eigenvalue weighted by molar-refractivity contribution is -0.0500. The summed E-state index contributed by atoms with van der Waals surface area (Å²) < 4.78 is 62.7. The van der Waals surface area contributed by atoms with Gasteiger partial charge in [0.05, 0.1) is 0 Å². The Morgan fingerprint density at radius 3 is 2.50 bits per heavy atom. The van der Waals surface area contributed by atoms with Crippen molar-refractivity contribution in [2.45, 2.75) is 38.1 Å². The maximum Gasteiger partial charge on any atom is 0.534 e. The molecule has 7 heteroatoms. The van der Waals surface area contributed by atoms with E-state index in [0.29, 0.717) is 5.92 Å². The molecule has 1 unspecified atom stereocenters. The van der Waals surface area contributed by atoms with Gasteiger partial charge in [0.2, 0.25) is 0 Å². The fourth-order valence-corrected chi connectivity index (χ4v) is 2.98. The van der Waals surface area contributed by atoms with Gasteiger partial charge in [-0.1, -0.05) is 25.8 Å². The minimum Gasteiger partial charge on any atom is -0.376 e. The van der Waals surface area contributed by atoms with Crippen LogP contribution in [-0.4, -0.2) is 13.9 Å². The Balaban J connectivity index is 2.17. The molecule has 0 N–H and O–H groups in total. The van der Waals surface area contributed by atoms with E-state index in [9.17, 15) is 21.6 Å². The molecular formula is C13H15F3O3S. The normalized spacial score (nSPS) is 18.9. The third kappa shape index (κ3) is 3.08. The lowest BCUT2D eigenvalue weighted by Gasteiger charge is -2.10. The number of benzene rings is 1. The fraction of sp³-hybridized carbons (Fsp3) is 0.538. The molecule has 112 valence electrons. The Morgan fingerprint density at radius 2 is 1.90 bits per heavy atom. The summed E-state index contributed by atoms with van der Waals surface area (Å²) in [4.78, 5) is 0. The van der Waals surface area contributed by atoms with E-state index in [4.69, 9.17) is 0 Å². The van der Waals surface area contributed by atoms with Gasteiger partial charge in [-0.3, -0.25) is 0 Å². The zero-order valence-corrected chi connectivity index (χ0v) is 11.7. The molecule has 1 aliphatic carbocycles. The van der Waals surface area contributed by atoms with E-state index in [-0.39, 0.29) is 5.75 Å². The summed E-state index contributed by atoms with van der Waals surface area (Å²) in [6.07, 6.45) is 3.73. The van der Waals surface area contributed by atoms with Gasteiger partial charge in [0.25, 0.3) is 0 Å². The van der Waals surface area contributed by atoms with Crippen LogP contribution in [0.3, 0.4) is 0 Å². The molecule has 0 bridgehead atoms. The van der Waals surface area contributed by atoms with Crippen molar-refractivity contribution in [3.63, 3.8) is 0 Å². The first-order chi connectivity index (χ1) is 9.23. The third-order valence-electron chi connectivity index (χ3n) is 3.38. The van der Waals surface area contributed by atoms with Crippen molar-refractivity contribution in [3.05, 3.63) is 29.3 Å². The van der Waals surface area contributed by atoms with Crippen LogP contribution in [0.25, 0.3) is 0 Å². The van der Waals surface area contributed by atoms with Crippen LogP contribution in [0.15, 0.2) is 18.2 Å². The number of fused-ring (bicyclic) bond motifs is 1. The van der Waals surface area contributed by atoms with Gasteiger partial charge in [-0.05, 0) is 42.0 Å². The molecular weight excluding hydrogens is 293 g/mol. The molecule has 2 rings (SSSR count). The molecule has 0 amide bonds. The van der Waals surface area contributed by atoms with Crippen molar-refractivity contribution in [2.24, 2.45) is 5.92 Å². The van der Waals surface area contributed by atoms with Gasteiger partial charge in [-0.25, -0.2) is 0 Å². The van der Waals surface area contributed by atoms with Crippen molar-refractivity contribution in [1.82, 2.24) is 0 Å². The van der Waals surface area contributed by atoms with Gasteiger partial charge >= 0.3 is 15.6 Å². The van der Waals surface area contributed by atoms with Crippen LogP contribution in [0.2, 0.25) is 0 Å². The van der Waals surface area contributed by atoms with Crippen LogP contribution in [0, 0.1) is 5.92 Å². The Hall–Kier alpha value is -1.24. The largest absolute Gasteiger partial charge is 0.534 e. The SMILES string of the molecule is CCCC1Cc2ccc(OS(=O)(=O)C(F)(F)F)cc2C1. The average molecular weight is 308 g/mol. The van der Waals surface area contributed by atoms with Crippen LogP contribution >= 0.6 is 0 Å². The first kappa shape index (κ1) is 15.2. The van der Waals surface area contributed by atoms with E-state index in [0.717, 1.165) is 36.8 Å². The van der Waals surface area contributed by atoms with Crippen LogP contribution in [0.4, 0.5) is 13.2 Å². The van der Waals surface area contributed by atoms with E-state index in [1.54, 1.807) is 6.07 Å². The van der Waals surface area contributed by atoms with E-state index < -0.39 is 15.6 Å². The van der Waals surface area contributed by atoms with Gasteiger partial charge in [0.15, 0.2) is 0 Å². The Bertz CT molecular complexity index is 593. The van der Waals surface area contributed by atoms with Crippen LogP contribution in [0.1, 0.15) is 30.9 Å². The van der Waals surface area contributed by atoms with Gasteiger partial charge in [-0.2, -0.15) is 21.6 Å². The number of rotatable bonds is 4. The monoisotopic (exact) mass is 308 g/mol. The van der Waals surface area contributed by atoms with Gasteiger partial charge < -0.3 is 4.18 Å². The standard InChI is InChI=1S/C13H15F3O3S/c1-2-3-9-6-10-4-5-12(8-11(10)7-9)19-20(17,18)13(14,15)16/h4-5,8-9H,2-3,6-7H2,1H3. The van der Waals surface area contributed by atoms with E-state index in [1.165, 1.54) is 12.1 Å². The second kappa shape index (κ2) is 5.27. The van der Waals surface area contributed by atoms with E-state index >= 15 is 0 Å². The number of hydrogen-bond acceptors (Lipinski definition) is 3. The molecule has 20 heavy (non-hydrogen) atoms. The Morgan fingerprint density at radius 1 is 1.25 bits per heavy atom. The van der Waals surface area contributed by atoms with Gasteiger partial charge in [-0.15, -0.1) is 0 Å². The minimum absolute atomic E-state index is 0.279. The quantitative estimate of drug-likeness (QED) is 0.632. The van der Waals surface area contributed by atoms with E-state index in [1.807, 2.05) is 0 Å². The molecule has 0 radical (unpaired) electrons. The van der Waals surface area contributed by atoms with Gasteiger partial charge in [0.1, 0.15) is 5.75 Å². The van der Waals surface area contributed by atoms with E-state index in [2.05, 4.69) is 11.1 Å². The van der Waals surface area contributed by atoms with Crippen molar-refractivity contribution >= 4 is 10.1 Å². The summed E-state index contributed by atoms with van der Waals surface area (Å²) in [5.41, 5.74) is -3.48. The van der Waals surface area contributed by atoms with Gasteiger partial charge in [0, 0.05) is 0 Å². The third-order valence-corrected chi connectivity index (χ3v) is 4.36. The average Bonchev–Trinajstić information content (AvgIpc) is 2.69. The molecule has 0 heterocycles. The predicted octanol–water partition coefficient (Wildman–Crippen LogP) is 3.43. The molecule has 0 aliphatic heterocycles. The lowest BCUT2D eigenvalue weighted by Crippen LogP contribution is -2.28. The van der Waals surface area contributed by atoms with Crippen molar-refractivity contribution in [3.8, 4) is 5.75 Å². The number of hydrogen-bond donors (Lipinski definition) is 0. The fourth-order valence-electron chi connectivity index (χ4n) is 2.52. The first-order valence-electron chi connectivity index (χ1n) is 6.35. The summed E-state index contributed by atoms with van der Waals surface area (Å²) >= 11 is 0. The second-order valence-corrected chi connectivity index (χ2v) is 6.51. The number of halogens is 3. The Kier molecular flexibility index (Phi) is 4.00. The zero-order chi connectivity index (χ0) is 15.0. The molecule has 0 aromatic heterocycles. The molecule has 1 aliphatic rings.